The van der Waals surface area contributed by atoms with Crippen molar-refractivity contribution in [2.45, 2.75) is 43.4 Å². The zero-order valence-electron chi connectivity index (χ0n) is 6.25. The number of hydrogen-bond donors (Lipinski definition) is 0. The number of carbonyl (C=O) groups is 1. The molecule has 0 amide bonds. The summed E-state index contributed by atoms with van der Waals surface area (Å²) < 4.78 is 0. The molecule has 0 aromatic carbocycles. The summed E-state index contributed by atoms with van der Waals surface area (Å²) in [5.74, 6) is 0. The van der Waals surface area contributed by atoms with Crippen molar-refractivity contribution in [2.24, 2.45) is 0 Å². The van der Waals surface area contributed by atoms with Crippen LogP contribution in [0.25, 0.3) is 0 Å². The molecule has 0 heterocycles. The molecule has 1 nitrogen and oxygen atoms in total. The fourth-order valence-corrected chi connectivity index (χ4v) is 1.23. The molecule has 0 aromatic rings. The predicted molar refractivity (Wildman–Crippen MR) is 38.6 cm³/mol. The number of aldehydes is 1. The third kappa shape index (κ3) is 8.33. The second-order valence-corrected chi connectivity index (χ2v) is 3.16. The van der Waals surface area contributed by atoms with Crippen LogP contribution in [0.3, 0.4) is 0 Å². The summed E-state index contributed by atoms with van der Waals surface area (Å²) in [4.78, 5) is 11.0. The summed E-state index contributed by atoms with van der Waals surface area (Å²) in [6.07, 6.45) is 7.92. The average Bonchev–Trinajstić information content (AvgIpc) is 1.97. The molecule has 0 saturated carbocycles. The van der Waals surface area contributed by atoms with Gasteiger partial charge in [0.05, 0.1) is 0 Å². The van der Waals surface area contributed by atoms with Gasteiger partial charge in [0, 0.05) is 0 Å². The molecule has 0 aliphatic rings. The SMILES string of the molecule is O=CCCCCCC[CH2][Pd]. The standard InChI is InChI=1S/C8H15O.Pd/c1-2-3-4-5-6-7-8-9;/h8H,1-7H2;. The summed E-state index contributed by atoms with van der Waals surface area (Å²) >= 11 is 3.14. The van der Waals surface area contributed by atoms with Crippen LogP contribution in [-0.4, -0.2) is 6.29 Å². The van der Waals surface area contributed by atoms with Crippen molar-refractivity contribution in [3.05, 3.63) is 0 Å². The minimum atomic E-state index is 0.747. The molecule has 2 heteroatoms. The zero-order valence-corrected chi connectivity index (χ0v) is 7.81. The Bertz CT molecular complexity index is 73.7. The second-order valence-electron chi connectivity index (χ2n) is 2.38. The van der Waals surface area contributed by atoms with Gasteiger partial charge in [-0.25, -0.2) is 0 Å². The van der Waals surface area contributed by atoms with E-state index in [0.29, 0.717) is 0 Å². The molecule has 0 fully saturated rings. The van der Waals surface area contributed by atoms with Crippen molar-refractivity contribution in [3.8, 4) is 0 Å². The van der Waals surface area contributed by atoms with Crippen molar-refractivity contribution < 1.29 is 24.0 Å². The van der Waals surface area contributed by atoms with Gasteiger partial charge < -0.3 is 0 Å². The summed E-state index contributed by atoms with van der Waals surface area (Å²) in [6, 6.07) is 0. The molecule has 10 heavy (non-hydrogen) atoms. The van der Waals surface area contributed by atoms with E-state index in [1.54, 1.807) is 0 Å². The van der Waals surface area contributed by atoms with E-state index in [4.69, 9.17) is 0 Å². The fraction of sp³-hybridized carbons (Fsp3) is 0.875. The van der Waals surface area contributed by atoms with Crippen molar-refractivity contribution in [1.82, 2.24) is 0 Å². The first-order valence-corrected chi connectivity index (χ1v) is 4.97. The number of unbranched alkanes of at least 4 members (excludes halogenated alkanes) is 5. The number of rotatable bonds is 7. The van der Waals surface area contributed by atoms with Crippen LogP contribution in [0.4, 0.5) is 0 Å². The van der Waals surface area contributed by atoms with E-state index in [1.807, 2.05) is 0 Å². The van der Waals surface area contributed by atoms with Crippen LogP contribution in [0, 0.1) is 0 Å². The van der Waals surface area contributed by atoms with E-state index >= 15 is 0 Å². The molecule has 0 atom stereocenters. The van der Waals surface area contributed by atoms with E-state index in [9.17, 15) is 4.79 Å². The third-order valence-electron chi connectivity index (χ3n) is 1.43. The van der Waals surface area contributed by atoms with Gasteiger partial charge in [0.1, 0.15) is 0 Å². The first kappa shape index (κ1) is 10.3. The molecule has 0 saturated heterocycles. The van der Waals surface area contributed by atoms with Crippen LogP contribution >= 0.6 is 0 Å². The molecule has 0 unspecified atom stereocenters. The van der Waals surface area contributed by atoms with Crippen molar-refractivity contribution in [2.75, 3.05) is 0 Å². The van der Waals surface area contributed by atoms with Crippen LogP contribution in [0.5, 0.6) is 0 Å². The van der Waals surface area contributed by atoms with Gasteiger partial charge in [-0.2, -0.15) is 0 Å². The summed E-state index contributed by atoms with van der Waals surface area (Å²) in [5, 5.41) is 0. The second kappa shape index (κ2) is 9.33. The van der Waals surface area contributed by atoms with E-state index in [0.717, 1.165) is 24.0 Å². The van der Waals surface area contributed by atoms with Crippen LogP contribution in [0.15, 0.2) is 0 Å². The normalized spacial score (nSPS) is 9.80. The Hall–Kier alpha value is 0.332. The van der Waals surface area contributed by atoms with Crippen LogP contribution in [0.1, 0.15) is 38.5 Å². The van der Waals surface area contributed by atoms with Crippen LogP contribution < -0.4 is 0 Å². The molecule has 63 valence electrons. The molecule has 0 aliphatic heterocycles. The average molecular weight is 234 g/mol. The Balaban J connectivity index is 2.70. The van der Waals surface area contributed by atoms with E-state index in [-0.39, 0.29) is 0 Å². The summed E-state index contributed by atoms with van der Waals surface area (Å²) in [7, 11) is 0. The van der Waals surface area contributed by atoms with Gasteiger partial charge in [0.25, 0.3) is 0 Å². The molecule has 0 aromatic heterocycles. The Morgan fingerprint density at radius 2 is 1.60 bits per heavy atom. The first-order valence-electron chi connectivity index (χ1n) is 3.87. The maximum absolute atomic E-state index is 9.89. The molecule has 0 bridgehead atoms. The number of carbonyl (C=O) groups excluding carboxylic acids is 1. The van der Waals surface area contributed by atoms with Crippen LogP contribution in [0.2, 0.25) is 4.89 Å². The fourth-order valence-electron chi connectivity index (χ4n) is 0.837. The maximum atomic E-state index is 9.89. The molecular weight excluding hydrogens is 219 g/mol. The topological polar surface area (TPSA) is 17.1 Å². The van der Waals surface area contributed by atoms with E-state index < -0.39 is 0 Å². The van der Waals surface area contributed by atoms with Gasteiger partial charge in [-0.1, -0.05) is 0 Å². The Morgan fingerprint density at radius 1 is 1.00 bits per heavy atom. The molecule has 0 rings (SSSR count). The molecule has 0 N–H and O–H groups in total. The minimum absolute atomic E-state index is 0.747. The Kier molecular flexibility index (Phi) is 9.64. The number of hydrogen-bond acceptors (Lipinski definition) is 1. The van der Waals surface area contributed by atoms with Gasteiger partial charge in [0.15, 0.2) is 0 Å². The molecular formula is C8H15OPd. The Morgan fingerprint density at radius 3 is 2.20 bits per heavy atom. The van der Waals surface area contributed by atoms with Gasteiger partial charge in [0.2, 0.25) is 0 Å². The molecule has 0 spiro atoms. The van der Waals surface area contributed by atoms with Crippen molar-refractivity contribution >= 4 is 6.29 Å². The first-order chi connectivity index (χ1) is 4.91. The van der Waals surface area contributed by atoms with Crippen molar-refractivity contribution in [1.29, 1.82) is 0 Å². The summed E-state index contributed by atoms with van der Waals surface area (Å²) in [5.41, 5.74) is 0. The van der Waals surface area contributed by atoms with E-state index in [1.165, 1.54) is 25.7 Å². The molecule has 0 radical (unpaired) electrons. The van der Waals surface area contributed by atoms with Gasteiger partial charge in [-0.3, -0.25) is 0 Å². The Labute approximate surface area is 74.0 Å². The van der Waals surface area contributed by atoms with Crippen molar-refractivity contribution in [3.63, 3.8) is 0 Å². The van der Waals surface area contributed by atoms with E-state index in [2.05, 4.69) is 19.2 Å². The summed E-state index contributed by atoms with van der Waals surface area (Å²) in [6.45, 7) is 0. The van der Waals surface area contributed by atoms with Crippen LogP contribution in [-0.2, 0) is 24.0 Å². The van der Waals surface area contributed by atoms with Gasteiger partial charge in [-0.15, -0.1) is 0 Å². The zero-order chi connectivity index (χ0) is 7.66. The predicted octanol–water partition coefficient (Wildman–Crippen LogP) is 2.49. The molecule has 0 aliphatic carbocycles. The monoisotopic (exact) mass is 233 g/mol. The third-order valence-corrected chi connectivity index (χ3v) is 1.98. The van der Waals surface area contributed by atoms with Gasteiger partial charge in [-0.05, 0) is 0 Å². The van der Waals surface area contributed by atoms with Gasteiger partial charge >= 0.3 is 73.7 Å². The quantitative estimate of drug-likeness (QED) is 0.375.